The van der Waals surface area contributed by atoms with E-state index < -0.39 is 5.82 Å². The second kappa shape index (κ2) is 3.72. The molecule has 1 heterocycles. The topological polar surface area (TPSA) is 25.8 Å². The number of hydrogen-bond donors (Lipinski definition) is 0. The Labute approximate surface area is 85.4 Å². The summed E-state index contributed by atoms with van der Waals surface area (Å²) in [4.78, 5) is 7.88. The number of hydrogen-bond acceptors (Lipinski definition) is 2. The third-order valence-corrected chi connectivity index (χ3v) is 2.05. The maximum Gasteiger partial charge on any atom is 0.162 e. The lowest BCUT2D eigenvalue weighted by molar-refractivity contribution is 0.630. The highest BCUT2D eigenvalue weighted by Crippen LogP contribution is 2.24. The maximum absolute atomic E-state index is 13.5. The molecule has 0 saturated heterocycles. The summed E-state index contributed by atoms with van der Waals surface area (Å²) in [6.45, 7) is 0. The Morgan fingerprint density at radius 1 is 1.07 bits per heavy atom. The summed E-state index contributed by atoms with van der Waals surface area (Å²) >= 11 is 5.63. The third-order valence-electron chi connectivity index (χ3n) is 1.76. The standard InChI is InChI=1S/C10H6ClFN2/c11-8-4-1-3-7(9(8)12)10-13-5-2-6-14-10/h1-6H. The molecule has 0 saturated carbocycles. The van der Waals surface area contributed by atoms with Crippen LogP contribution in [0, 0.1) is 5.82 Å². The van der Waals surface area contributed by atoms with Crippen LogP contribution in [0.5, 0.6) is 0 Å². The average molecular weight is 209 g/mol. The second-order valence-corrected chi connectivity index (χ2v) is 3.08. The minimum absolute atomic E-state index is 0.0787. The molecule has 2 aromatic rings. The Morgan fingerprint density at radius 2 is 1.79 bits per heavy atom. The van der Waals surface area contributed by atoms with Crippen molar-refractivity contribution in [2.45, 2.75) is 0 Å². The van der Waals surface area contributed by atoms with Crippen molar-refractivity contribution in [1.29, 1.82) is 0 Å². The van der Waals surface area contributed by atoms with Crippen LogP contribution in [0.3, 0.4) is 0 Å². The molecule has 70 valence electrons. The fourth-order valence-electron chi connectivity index (χ4n) is 1.11. The summed E-state index contributed by atoms with van der Waals surface area (Å²) in [6.07, 6.45) is 3.12. The Balaban J connectivity index is 2.58. The second-order valence-electron chi connectivity index (χ2n) is 2.67. The summed E-state index contributed by atoms with van der Waals surface area (Å²) < 4.78 is 13.5. The molecule has 2 rings (SSSR count). The SMILES string of the molecule is Fc1c(Cl)cccc1-c1ncccn1. The van der Waals surface area contributed by atoms with Gasteiger partial charge in [0.15, 0.2) is 11.6 Å². The Bertz CT molecular complexity index is 445. The van der Waals surface area contributed by atoms with E-state index in [4.69, 9.17) is 11.6 Å². The zero-order valence-corrected chi connectivity index (χ0v) is 7.87. The van der Waals surface area contributed by atoms with E-state index in [9.17, 15) is 4.39 Å². The van der Waals surface area contributed by atoms with Crippen molar-refractivity contribution in [3.05, 3.63) is 47.5 Å². The number of halogens is 2. The molecule has 2 nitrogen and oxygen atoms in total. The van der Waals surface area contributed by atoms with Crippen LogP contribution in [-0.4, -0.2) is 9.97 Å². The van der Waals surface area contributed by atoms with E-state index in [2.05, 4.69) is 9.97 Å². The highest BCUT2D eigenvalue weighted by Gasteiger charge is 2.09. The quantitative estimate of drug-likeness (QED) is 0.720. The van der Waals surface area contributed by atoms with Gasteiger partial charge in [-0.15, -0.1) is 0 Å². The summed E-state index contributed by atoms with van der Waals surface area (Å²) in [5.74, 6) is -0.145. The molecule has 0 N–H and O–H groups in total. The van der Waals surface area contributed by atoms with Crippen molar-refractivity contribution in [2.24, 2.45) is 0 Å². The van der Waals surface area contributed by atoms with E-state index in [1.165, 1.54) is 6.07 Å². The van der Waals surface area contributed by atoms with Crippen molar-refractivity contribution in [3.63, 3.8) is 0 Å². The number of benzene rings is 1. The van der Waals surface area contributed by atoms with Gasteiger partial charge in [0.1, 0.15) is 0 Å². The lowest BCUT2D eigenvalue weighted by Crippen LogP contribution is -1.90. The zero-order chi connectivity index (χ0) is 9.97. The number of aromatic nitrogens is 2. The van der Waals surface area contributed by atoms with Gasteiger partial charge in [-0.1, -0.05) is 17.7 Å². The molecular weight excluding hydrogens is 203 g/mol. The van der Waals surface area contributed by atoms with Crippen molar-refractivity contribution in [1.82, 2.24) is 9.97 Å². The summed E-state index contributed by atoms with van der Waals surface area (Å²) in [5, 5.41) is 0.0787. The molecule has 0 aliphatic rings. The Hall–Kier alpha value is -1.48. The van der Waals surface area contributed by atoms with Crippen LogP contribution in [0.15, 0.2) is 36.7 Å². The molecule has 0 unspecified atom stereocenters. The van der Waals surface area contributed by atoms with Crippen LogP contribution < -0.4 is 0 Å². The summed E-state index contributed by atoms with van der Waals surface area (Å²) in [6, 6.07) is 6.42. The Kier molecular flexibility index (Phi) is 2.41. The molecule has 0 bridgehead atoms. The molecule has 14 heavy (non-hydrogen) atoms. The molecule has 0 aliphatic heterocycles. The third kappa shape index (κ3) is 1.59. The van der Waals surface area contributed by atoms with Crippen molar-refractivity contribution in [3.8, 4) is 11.4 Å². The van der Waals surface area contributed by atoms with E-state index in [1.807, 2.05) is 0 Å². The molecule has 0 amide bonds. The molecule has 1 aromatic carbocycles. The van der Waals surface area contributed by atoms with Crippen molar-refractivity contribution in [2.75, 3.05) is 0 Å². The van der Waals surface area contributed by atoms with Crippen molar-refractivity contribution < 1.29 is 4.39 Å². The van der Waals surface area contributed by atoms with Crippen LogP contribution in [-0.2, 0) is 0 Å². The van der Waals surface area contributed by atoms with E-state index in [1.54, 1.807) is 30.6 Å². The predicted molar refractivity (Wildman–Crippen MR) is 52.4 cm³/mol. The van der Waals surface area contributed by atoms with Gasteiger partial charge < -0.3 is 0 Å². The van der Waals surface area contributed by atoms with E-state index in [0.29, 0.717) is 11.4 Å². The molecule has 0 fully saturated rings. The van der Waals surface area contributed by atoms with Gasteiger partial charge in [0.05, 0.1) is 10.6 Å². The first-order valence-corrected chi connectivity index (χ1v) is 4.38. The van der Waals surface area contributed by atoms with Gasteiger partial charge in [0.25, 0.3) is 0 Å². The first-order valence-electron chi connectivity index (χ1n) is 4.00. The highest BCUT2D eigenvalue weighted by atomic mass is 35.5. The first-order chi connectivity index (χ1) is 6.79. The fourth-order valence-corrected chi connectivity index (χ4v) is 1.29. The molecule has 0 spiro atoms. The fraction of sp³-hybridized carbons (Fsp3) is 0. The number of rotatable bonds is 1. The molecule has 0 aliphatic carbocycles. The van der Waals surface area contributed by atoms with Crippen LogP contribution in [0.4, 0.5) is 4.39 Å². The maximum atomic E-state index is 13.5. The van der Waals surface area contributed by atoms with Gasteiger partial charge in [0, 0.05) is 12.4 Å². The van der Waals surface area contributed by atoms with Crippen LogP contribution >= 0.6 is 11.6 Å². The van der Waals surface area contributed by atoms with Crippen LogP contribution in [0.25, 0.3) is 11.4 Å². The highest BCUT2D eigenvalue weighted by molar-refractivity contribution is 6.31. The van der Waals surface area contributed by atoms with Gasteiger partial charge in [-0.2, -0.15) is 0 Å². The first kappa shape index (κ1) is 9.09. The van der Waals surface area contributed by atoms with Gasteiger partial charge in [0.2, 0.25) is 0 Å². The van der Waals surface area contributed by atoms with Gasteiger partial charge in [-0.3, -0.25) is 0 Å². The minimum atomic E-state index is -0.486. The van der Waals surface area contributed by atoms with Crippen LogP contribution in [0.1, 0.15) is 0 Å². The van der Waals surface area contributed by atoms with E-state index >= 15 is 0 Å². The molecular formula is C10H6ClFN2. The lowest BCUT2D eigenvalue weighted by Gasteiger charge is -2.01. The monoisotopic (exact) mass is 208 g/mol. The van der Waals surface area contributed by atoms with Gasteiger partial charge in [-0.05, 0) is 18.2 Å². The smallest absolute Gasteiger partial charge is 0.162 e. The Morgan fingerprint density at radius 3 is 2.50 bits per heavy atom. The molecule has 0 atom stereocenters. The largest absolute Gasteiger partial charge is 0.236 e. The number of nitrogens with zero attached hydrogens (tertiary/aromatic N) is 2. The minimum Gasteiger partial charge on any atom is -0.236 e. The molecule has 0 radical (unpaired) electrons. The van der Waals surface area contributed by atoms with E-state index in [-0.39, 0.29) is 5.02 Å². The average Bonchev–Trinajstić information content (AvgIpc) is 2.23. The normalized spacial score (nSPS) is 10.1. The summed E-state index contributed by atoms with van der Waals surface area (Å²) in [5.41, 5.74) is 0.318. The molecule has 4 heteroatoms. The van der Waals surface area contributed by atoms with Gasteiger partial charge in [-0.25, -0.2) is 14.4 Å². The lowest BCUT2D eigenvalue weighted by atomic mass is 10.2. The predicted octanol–water partition coefficient (Wildman–Crippen LogP) is 2.94. The molecule has 1 aromatic heterocycles. The van der Waals surface area contributed by atoms with Crippen molar-refractivity contribution >= 4 is 11.6 Å². The van der Waals surface area contributed by atoms with Gasteiger partial charge >= 0.3 is 0 Å². The summed E-state index contributed by atoms with van der Waals surface area (Å²) in [7, 11) is 0. The van der Waals surface area contributed by atoms with Crippen LogP contribution in [0.2, 0.25) is 5.02 Å². The zero-order valence-electron chi connectivity index (χ0n) is 7.11. The van der Waals surface area contributed by atoms with E-state index in [0.717, 1.165) is 0 Å².